The number of aliphatic carboxylic acids is 1. The predicted molar refractivity (Wildman–Crippen MR) is 45.4 cm³/mol. The molecule has 1 aromatic rings. The van der Waals surface area contributed by atoms with Gasteiger partial charge in [0.25, 0.3) is 0 Å². The van der Waals surface area contributed by atoms with Crippen molar-refractivity contribution in [2.45, 2.75) is 13.0 Å². The monoisotopic (exact) mass is 182 g/mol. The van der Waals surface area contributed by atoms with E-state index in [0.29, 0.717) is 11.1 Å². The molecule has 3 N–H and O–H groups in total. The Bertz CT molecular complexity index is 332. The van der Waals surface area contributed by atoms with Crippen LogP contribution in [0.5, 0.6) is 5.75 Å². The largest absolute Gasteiger partial charge is 0.508 e. The van der Waals surface area contributed by atoms with Crippen molar-refractivity contribution in [2.75, 3.05) is 0 Å². The number of phenols is 1. The number of rotatable bonds is 2. The zero-order valence-corrected chi connectivity index (χ0v) is 7.06. The quantitative estimate of drug-likeness (QED) is 0.632. The molecule has 0 fully saturated rings. The minimum absolute atomic E-state index is 0.0545. The van der Waals surface area contributed by atoms with Gasteiger partial charge in [-0.3, -0.25) is 0 Å². The highest BCUT2D eigenvalue weighted by Crippen LogP contribution is 2.21. The molecule has 0 aliphatic carbocycles. The first kappa shape index (κ1) is 9.54. The lowest BCUT2D eigenvalue weighted by Gasteiger charge is -2.08. The number of phenolic OH excluding ortho intramolecular Hbond substituents is 1. The zero-order chi connectivity index (χ0) is 10.0. The van der Waals surface area contributed by atoms with Gasteiger partial charge >= 0.3 is 5.97 Å². The molecule has 0 radical (unpaired) electrons. The number of aromatic hydroxyl groups is 1. The third-order valence-electron chi connectivity index (χ3n) is 1.78. The van der Waals surface area contributed by atoms with Gasteiger partial charge in [0.05, 0.1) is 0 Å². The highest BCUT2D eigenvalue weighted by molar-refractivity contribution is 5.74. The van der Waals surface area contributed by atoms with Crippen LogP contribution in [0.15, 0.2) is 18.2 Å². The smallest absolute Gasteiger partial charge is 0.337 e. The summed E-state index contributed by atoms with van der Waals surface area (Å²) >= 11 is 0. The van der Waals surface area contributed by atoms with Crippen LogP contribution in [0.2, 0.25) is 0 Å². The minimum Gasteiger partial charge on any atom is -0.508 e. The van der Waals surface area contributed by atoms with Gasteiger partial charge in [-0.05, 0) is 30.2 Å². The van der Waals surface area contributed by atoms with Crippen molar-refractivity contribution in [2.24, 2.45) is 0 Å². The summed E-state index contributed by atoms with van der Waals surface area (Å²) in [6.45, 7) is 1.63. The lowest BCUT2D eigenvalue weighted by atomic mass is 10.0. The summed E-state index contributed by atoms with van der Waals surface area (Å²) in [4.78, 5) is 10.4. The van der Waals surface area contributed by atoms with E-state index in [2.05, 4.69) is 0 Å². The van der Waals surface area contributed by atoms with Crippen molar-refractivity contribution in [3.8, 4) is 5.75 Å². The Labute approximate surface area is 75.1 Å². The molecule has 0 aromatic heterocycles. The predicted octanol–water partition coefficient (Wildman–Crippen LogP) is 0.819. The average molecular weight is 182 g/mol. The van der Waals surface area contributed by atoms with E-state index in [1.165, 1.54) is 18.2 Å². The van der Waals surface area contributed by atoms with Crippen LogP contribution >= 0.6 is 0 Å². The maximum atomic E-state index is 10.4. The van der Waals surface area contributed by atoms with Crippen LogP contribution in [-0.2, 0) is 4.79 Å². The van der Waals surface area contributed by atoms with Crippen LogP contribution in [0.4, 0.5) is 0 Å². The van der Waals surface area contributed by atoms with Gasteiger partial charge in [0.1, 0.15) is 5.75 Å². The van der Waals surface area contributed by atoms with Crippen molar-refractivity contribution >= 4 is 5.97 Å². The Hall–Kier alpha value is -1.55. The number of hydrogen-bond acceptors (Lipinski definition) is 3. The molecule has 0 spiro atoms. The second-order valence-electron chi connectivity index (χ2n) is 2.78. The second kappa shape index (κ2) is 3.45. The molecular formula is C9H10O4. The van der Waals surface area contributed by atoms with E-state index in [1.807, 2.05) is 0 Å². The number of aryl methyl sites for hydroxylation is 1. The molecule has 1 rings (SSSR count). The van der Waals surface area contributed by atoms with Gasteiger partial charge in [-0.15, -0.1) is 0 Å². The number of benzene rings is 1. The summed E-state index contributed by atoms with van der Waals surface area (Å²) in [6.07, 6.45) is -1.53. The number of aliphatic hydroxyl groups is 1. The minimum atomic E-state index is -1.53. The van der Waals surface area contributed by atoms with E-state index in [1.54, 1.807) is 6.92 Å². The molecule has 0 heterocycles. The summed E-state index contributed by atoms with van der Waals surface area (Å²) in [5.74, 6) is -1.24. The van der Waals surface area contributed by atoms with Gasteiger partial charge in [0, 0.05) is 0 Å². The van der Waals surface area contributed by atoms with Crippen LogP contribution in [0, 0.1) is 6.92 Å². The van der Waals surface area contributed by atoms with Crippen molar-refractivity contribution in [1.29, 1.82) is 0 Å². The third kappa shape index (κ3) is 1.97. The van der Waals surface area contributed by atoms with Crippen LogP contribution in [0.25, 0.3) is 0 Å². The Balaban J connectivity index is 3.08. The fraction of sp³-hybridized carbons (Fsp3) is 0.222. The molecule has 13 heavy (non-hydrogen) atoms. The first-order chi connectivity index (χ1) is 6.02. The standard InChI is InChI=1S/C9H10O4/c1-5-4-6(10)2-3-7(5)8(11)9(12)13/h2-4,8,10-11H,1H3,(H,12,13). The highest BCUT2D eigenvalue weighted by Gasteiger charge is 2.17. The van der Waals surface area contributed by atoms with E-state index < -0.39 is 12.1 Å². The van der Waals surface area contributed by atoms with Crippen molar-refractivity contribution in [1.82, 2.24) is 0 Å². The van der Waals surface area contributed by atoms with Gasteiger partial charge in [0.15, 0.2) is 6.10 Å². The molecule has 1 unspecified atom stereocenters. The number of hydrogen-bond donors (Lipinski definition) is 3. The van der Waals surface area contributed by atoms with E-state index in [4.69, 9.17) is 10.2 Å². The third-order valence-corrected chi connectivity index (χ3v) is 1.78. The first-order valence-corrected chi connectivity index (χ1v) is 3.72. The molecule has 0 bridgehead atoms. The number of carbonyl (C=O) groups is 1. The summed E-state index contributed by atoms with van der Waals surface area (Å²) in [5, 5.41) is 26.7. The van der Waals surface area contributed by atoms with Gasteiger partial charge in [-0.25, -0.2) is 4.79 Å². The maximum absolute atomic E-state index is 10.4. The van der Waals surface area contributed by atoms with Crippen LogP contribution in [0.1, 0.15) is 17.2 Å². The molecule has 1 aromatic carbocycles. The molecule has 0 amide bonds. The SMILES string of the molecule is Cc1cc(O)ccc1C(O)C(=O)O. The molecule has 70 valence electrons. The Morgan fingerprint density at radius 3 is 2.54 bits per heavy atom. The van der Waals surface area contributed by atoms with Crippen molar-refractivity contribution in [3.63, 3.8) is 0 Å². The summed E-state index contributed by atoms with van der Waals surface area (Å²) in [6, 6.07) is 4.14. The summed E-state index contributed by atoms with van der Waals surface area (Å²) in [7, 11) is 0. The normalized spacial score (nSPS) is 12.5. The first-order valence-electron chi connectivity index (χ1n) is 3.72. The molecule has 4 heteroatoms. The number of carboxylic acid groups (broad SMARTS) is 1. The van der Waals surface area contributed by atoms with Gasteiger partial charge in [0.2, 0.25) is 0 Å². The van der Waals surface area contributed by atoms with E-state index >= 15 is 0 Å². The van der Waals surface area contributed by atoms with Gasteiger partial charge < -0.3 is 15.3 Å². The number of carboxylic acids is 1. The van der Waals surface area contributed by atoms with Crippen LogP contribution in [-0.4, -0.2) is 21.3 Å². The maximum Gasteiger partial charge on any atom is 0.337 e. The molecule has 0 aliphatic rings. The van der Waals surface area contributed by atoms with Crippen LogP contribution < -0.4 is 0 Å². The van der Waals surface area contributed by atoms with Crippen molar-refractivity contribution < 1.29 is 20.1 Å². The average Bonchev–Trinajstić information content (AvgIpc) is 2.03. The zero-order valence-electron chi connectivity index (χ0n) is 7.06. The molecule has 4 nitrogen and oxygen atoms in total. The van der Waals surface area contributed by atoms with E-state index in [-0.39, 0.29) is 5.75 Å². The summed E-state index contributed by atoms with van der Waals surface area (Å²) < 4.78 is 0. The summed E-state index contributed by atoms with van der Waals surface area (Å²) in [5.41, 5.74) is 0.847. The lowest BCUT2D eigenvalue weighted by Crippen LogP contribution is -2.11. The molecule has 0 aliphatic heterocycles. The number of aliphatic hydroxyl groups excluding tert-OH is 1. The van der Waals surface area contributed by atoms with Crippen molar-refractivity contribution in [3.05, 3.63) is 29.3 Å². The molecule has 0 saturated carbocycles. The topological polar surface area (TPSA) is 77.8 Å². The molecular weight excluding hydrogens is 172 g/mol. The Morgan fingerprint density at radius 2 is 2.08 bits per heavy atom. The fourth-order valence-corrected chi connectivity index (χ4v) is 1.10. The Kier molecular flexibility index (Phi) is 2.53. The van der Waals surface area contributed by atoms with Gasteiger partial charge in [-0.2, -0.15) is 0 Å². The lowest BCUT2D eigenvalue weighted by molar-refractivity contribution is -0.147. The Morgan fingerprint density at radius 1 is 1.46 bits per heavy atom. The van der Waals surface area contributed by atoms with E-state index in [9.17, 15) is 9.90 Å². The second-order valence-corrected chi connectivity index (χ2v) is 2.78. The van der Waals surface area contributed by atoms with E-state index in [0.717, 1.165) is 0 Å². The molecule has 1 atom stereocenters. The highest BCUT2D eigenvalue weighted by atomic mass is 16.4. The fourth-order valence-electron chi connectivity index (χ4n) is 1.10. The molecule has 0 saturated heterocycles. The van der Waals surface area contributed by atoms with Crippen LogP contribution in [0.3, 0.4) is 0 Å². The van der Waals surface area contributed by atoms with Gasteiger partial charge in [-0.1, -0.05) is 6.07 Å².